The van der Waals surface area contributed by atoms with Crippen molar-refractivity contribution in [2.45, 2.75) is 64.6 Å². The molecule has 258 valence electrons. The highest BCUT2D eigenvalue weighted by atomic mass is 32.2. The summed E-state index contributed by atoms with van der Waals surface area (Å²) >= 11 is 0. The van der Waals surface area contributed by atoms with Crippen molar-refractivity contribution in [3.05, 3.63) is 95.6 Å². The number of carbonyl (C=O) groups excluding carboxylic acids is 2. The van der Waals surface area contributed by atoms with E-state index in [9.17, 15) is 27.7 Å². The van der Waals surface area contributed by atoms with Crippen LogP contribution in [0.1, 0.15) is 45.7 Å². The summed E-state index contributed by atoms with van der Waals surface area (Å²) in [6.45, 7) is 10.5. The quantitative estimate of drug-likeness (QED) is 0.145. The third-order valence-electron chi connectivity index (χ3n) is 6.37. The fourth-order valence-electron chi connectivity index (χ4n) is 4.37. The number of halogens is 2. The van der Waals surface area contributed by atoms with Crippen molar-refractivity contribution in [2.24, 2.45) is 11.8 Å². The first-order chi connectivity index (χ1) is 22.2. The third-order valence-corrected chi connectivity index (χ3v) is 7.81. The zero-order valence-electron chi connectivity index (χ0n) is 27.8. The molecule has 3 atom stereocenters. The monoisotopic (exact) mass is 673 g/mol. The molecule has 0 radical (unpaired) electrons. The van der Waals surface area contributed by atoms with Crippen molar-refractivity contribution >= 4 is 28.5 Å². The van der Waals surface area contributed by atoms with Gasteiger partial charge in [0, 0.05) is 31.4 Å². The number of nitrogens with one attached hydrogen (secondary N) is 3. The van der Waals surface area contributed by atoms with Crippen molar-refractivity contribution < 1.29 is 27.7 Å². The highest BCUT2D eigenvalue weighted by molar-refractivity contribution is 7.82. The Kier molecular flexibility index (Phi) is 17.2. The Bertz CT molecular complexity index is 1390. The first-order valence-electron chi connectivity index (χ1n) is 15.7. The van der Waals surface area contributed by atoms with E-state index in [1.54, 1.807) is 28.6 Å². The molecule has 0 spiro atoms. The van der Waals surface area contributed by atoms with Gasteiger partial charge in [-0.2, -0.15) is 0 Å². The predicted molar refractivity (Wildman–Crippen MR) is 183 cm³/mol. The summed E-state index contributed by atoms with van der Waals surface area (Å²) in [5.41, 5.74) is 7.54. The molecule has 3 rings (SSSR count). The Labute approximate surface area is 279 Å². The van der Waals surface area contributed by atoms with Crippen LogP contribution in [0.15, 0.2) is 77.7 Å². The van der Waals surface area contributed by atoms with Crippen molar-refractivity contribution in [1.29, 1.82) is 0 Å². The topological polar surface area (TPSA) is 137 Å². The Morgan fingerprint density at radius 2 is 1.45 bits per heavy atom. The van der Waals surface area contributed by atoms with E-state index in [2.05, 4.69) is 36.7 Å². The molecule has 0 bridgehead atoms. The SMILES string of the molecule is CC(C)C.CC(C)CN(C[C@@H](O)[C@H](Cc1ccccc1)NC(=O)CNC(=O)CNCc1cc(F)cc(F)c1)S(=O)c1ccc(N)cc1. The minimum Gasteiger partial charge on any atom is -0.399 e. The van der Waals surface area contributed by atoms with E-state index < -0.39 is 46.6 Å². The van der Waals surface area contributed by atoms with Crippen molar-refractivity contribution in [2.75, 3.05) is 31.9 Å². The van der Waals surface area contributed by atoms with Gasteiger partial charge in [0.2, 0.25) is 11.8 Å². The van der Waals surface area contributed by atoms with Gasteiger partial charge in [0.15, 0.2) is 0 Å². The smallest absolute Gasteiger partial charge is 0.239 e. The maximum Gasteiger partial charge on any atom is 0.239 e. The van der Waals surface area contributed by atoms with Crippen molar-refractivity contribution in [3.63, 3.8) is 0 Å². The molecule has 0 heterocycles. The Balaban J connectivity index is 0.00000181. The first kappa shape index (κ1) is 39.5. The maximum absolute atomic E-state index is 13.4. The molecule has 9 nitrogen and oxygen atoms in total. The molecule has 0 saturated carbocycles. The fraction of sp³-hybridized carbons (Fsp3) is 0.429. The number of amides is 2. The Morgan fingerprint density at radius 1 is 0.851 bits per heavy atom. The number of hydrogen-bond acceptors (Lipinski definition) is 6. The molecular formula is C35H49F2N5O4S. The summed E-state index contributed by atoms with van der Waals surface area (Å²) in [6.07, 6.45) is -0.790. The number of anilines is 1. The molecule has 3 aromatic carbocycles. The second-order valence-corrected chi connectivity index (χ2v) is 13.9. The maximum atomic E-state index is 13.4. The Morgan fingerprint density at radius 3 is 2.02 bits per heavy atom. The number of hydrogen-bond donors (Lipinski definition) is 5. The van der Waals surface area contributed by atoms with Crippen LogP contribution in [0.5, 0.6) is 0 Å². The summed E-state index contributed by atoms with van der Waals surface area (Å²) in [5, 5.41) is 19.4. The first-order valence-corrected chi connectivity index (χ1v) is 16.8. The summed E-state index contributed by atoms with van der Waals surface area (Å²) in [6, 6.07) is 18.4. The second kappa shape index (κ2) is 20.5. The largest absolute Gasteiger partial charge is 0.399 e. The molecule has 2 amide bonds. The number of rotatable bonds is 16. The summed E-state index contributed by atoms with van der Waals surface area (Å²) < 4.78 is 41.8. The molecule has 3 aromatic rings. The lowest BCUT2D eigenvalue weighted by atomic mass is 10.0. The highest BCUT2D eigenvalue weighted by Gasteiger charge is 2.27. The molecule has 0 aliphatic rings. The third kappa shape index (κ3) is 16.1. The van der Waals surface area contributed by atoms with Crippen LogP contribution in [0, 0.1) is 23.5 Å². The Hall–Kier alpha value is -3.71. The molecule has 12 heteroatoms. The van der Waals surface area contributed by atoms with Crippen LogP contribution >= 0.6 is 0 Å². The van der Waals surface area contributed by atoms with E-state index in [1.165, 1.54) is 0 Å². The van der Waals surface area contributed by atoms with Crippen LogP contribution in [-0.4, -0.2) is 63.8 Å². The lowest BCUT2D eigenvalue weighted by molar-refractivity contribution is -0.126. The molecule has 0 aromatic heterocycles. The normalized spacial score (nSPS) is 13.1. The molecule has 6 N–H and O–H groups in total. The van der Waals surface area contributed by atoms with Crippen LogP contribution in [0.4, 0.5) is 14.5 Å². The summed E-state index contributed by atoms with van der Waals surface area (Å²) in [4.78, 5) is 25.7. The van der Waals surface area contributed by atoms with Crippen LogP contribution in [0.25, 0.3) is 0 Å². The van der Waals surface area contributed by atoms with Crippen LogP contribution in [-0.2, 0) is 33.5 Å². The number of carbonyl (C=O) groups is 2. The number of nitrogen functional groups attached to an aromatic ring is 1. The molecule has 47 heavy (non-hydrogen) atoms. The molecule has 0 saturated heterocycles. The van der Waals surface area contributed by atoms with Crippen molar-refractivity contribution in [1.82, 2.24) is 20.3 Å². The number of nitrogens with zero attached hydrogens (tertiary/aromatic N) is 1. The molecule has 0 aliphatic carbocycles. The van der Waals surface area contributed by atoms with Gasteiger partial charge < -0.3 is 26.8 Å². The zero-order valence-corrected chi connectivity index (χ0v) is 28.7. The van der Waals surface area contributed by atoms with Gasteiger partial charge in [0.05, 0.1) is 30.1 Å². The lowest BCUT2D eigenvalue weighted by Gasteiger charge is -2.30. The van der Waals surface area contributed by atoms with Gasteiger partial charge in [0.1, 0.15) is 22.6 Å². The van der Waals surface area contributed by atoms with E-state index in [1.807, 2.05) is 44.2 Å². The average molecular weight is 674 g/mol. The van der Waals surface area contributed by atoms with E-state index in [-0.39, 0.29) is 32.1 Å². The van der Waals surface area contributed by atoms with E-state index in [4.69, 9.17) is 5.73 Å². The standard InChI is InChI=1S/C31H39F2N5O4S.C4H10/c1-21(2)19-38(43(42)27-10-8-26(34)9-11-27)20-29(39)28(14-22-6-4-3-5-7-22)37-31(41)18-36-30(40)17-35-16-23-12-24(32)15-25(33)13-23;1-4(2)3/h3-13,15,21,28-29,35,39H,14,16-20,34H2,1-2H3,(H,36,40)(H,37,41);4H,1-3H3/t28-,29+,43?;/m0./s1. The number of nitrogens with two attached hydrogens (primary N) is 1. The molecule has 0 aliphatic heterocycles. The van der Waals surface area contributed by atoms with Gasteiger partial charge in [-0.3, -0.25) is 9.59 Å². The minimum atomic E-state index is -1.58. The zero-order chi connectivity index (χ0) is 34.9. The van der Waals surface area contributed by atoms with Gasteiger partial charge in [-0.1, -0.05) is 65.0 Å². The number of aliphatic hydroxyl groups is 1. The van der Waals surface area contributed by atoms with E-state index in [0.717, 1.165) is 29.7 Å². The summed E-state index contributed by atoms with van der Waals surface area (Å²) in [7, 11) is -1.58. The van der Waals surface area contributed by atoms with E-state index >= 15 is 0 Å². The van der Waals surface area contributed by atoms with Gasteiger partial charge in [-0.15, -0.1) is 0 Å². The number of aliphatic hydroxyl groups excluding tert-OH is 1. The highest BCUT2D eigenvalue weighted by Crippen LogP contribution is 2.17. The predicted octanol–water partition coefficient (Wildman–Crippen LogP) is 4.18. The van der Waals surface area contributed by atoms with E-state index in [0.29, 0.717) is 29.1 Å². The van der Waals surface area contributed by atoms with Gasteiger partial charge in [0.25, 0.3) is 0 Å². The fourth-order valence-corrected chi connectivity index (χ4v) is 5.76. The number of benzene rings is 3. The van der Waals surface area contributed by atoms with Gasteiger partial charge in [-0.05, 0) is 65.8 Å². The van der Waals surface area contributed by atoms with Crippen LogP contribution < -0.4 is 21.7 Å². The lowest BCUT2D eigenvalue weighted by Crippen LogP contribution is -2.52. The van der Waals surface area contributed by atoms with Crippen LogP contribution in [0.2, 0.25) is 0 Å². The second-order valence-electron chi connectivity index (χ2n) is 12.4. The molecule has 0 fully saturated rings. The van der Waals surface area contributed by atoms with Crippen LogP contribution in [0.3, 0.4) is 0 Å². The van der Waals surface area contributed by atoms with Crippen molar-refractivity contribution in [3.8, 4) is 0 Å². The average Bonchev–Trinajstić information content (AvgIpc) is 2.99. The minimum absolute atomic E-state index is 0.0178. The summed E-state index contributed by atoms with van der Waals surface area (Å²) in [5.74, 6) is -1.45. The van der Waals surface area contributed by atoms with Gasteiger partial charge in [-0.25, -0.2) is 17.3 Å². The molecule has 1 unspecified atom stereocenters. The van der Waals surface area contributed by atoms with Gasteiger partial charge >= 0.3 is 0 Å². The molecular weight excluding hydrogens is 624 g/mol.